The van der Waals surface area contributed by atoms with Gasteiger partial charge in [0.25, 0.3) is 0 Å². The van der Waals surface area contributed by atoms with E-state index in [1.54, 1.807) is 6.20 Å². The highest BCUT2D eigenvalue weighted by atomic mass is 15.1. The number of aryl methyl sites for hydroxylation is 1. The molecule has 1 aliphatic heterocycles. The predicted molar refractivity (Wildman–Crippen MR) is 89.2 cm³/mol. The first-order chi connectivity index (χ1) is 10.2. The van der Waals surface area contributed by atoms with Crippen LogP contribution in [0.5, 0.6) is 0 Å². The van der Waals surface area contributed by atoms with Crippen LogP contribution in [0, 0.1) is 6.92 Å². The minimum Gasteiger partial charge on any atom is -0.397 e. The van der Waals surface area contributed by atoms with Crippen LogP contribution in [0.15, 0.2) is 36.5 Å². The molecule has 0 bridgehead atoms. The van der Waals surface area contributed by atoms with E-state index in [0.717, 1.165) is 22.8 Å². The van der Waals surface area contributed by atoms with Crippen LogP contribution >= 0.6 is 0 Å². The molecule has 0 amide bonds. The standard InChI is InChI=1S/C17H22N4/c1-13-11-17(19-12-16(13)18)20-14-5-7-15(8-6-14)21-9-3-2-4-10-21/h5-8,11-12H,2-4,9-10,18H2,1H3,(H,19,20). The first kappa shape index (κ1) is 13.7. The maximum atomic E-state index is 5.79. The van der Waals surface area contributed by atoms with E-state index < -0.39 is 0 Å². The Bertz CT molecular complexity index is 601. The second-order valence-electron chi connectivity index (χ2n) is 5.65. The van der Waals surface area contributed by atoms with Gasteiger partial charge in [0.1, 0.15) is 5.82 Å². The summed E-state index contributed by atoms with van der Waals surface area (Å²) in [5, 5.41) is 3.32. The topological polar surface area (TPSA) is 54.2 Å². The number of pyridine rings is 1. The second kappa shape index (κ2) is 6.04. The summed E-state index contributed by atoms with van der Waals surface area (Å²) in [5.41, 5.74) is 9.91. The SMILES string of the molecule is Cc1cc(Nc2ccc(N3CCCCC3)cc2)ncc1N. The number of aromatic nitrogens is 1. The van der Waals surface area contributed by atoms with Crippen molar-refractivity contribution >= 4 is 22.9 Å². The number of piperidine rings is 1. The van der Waals surface area contributed by atoms with Crippen molar-refractivity contribution in [1.29, 1.82) is 0 Å². The van der Waals surface area contributed by atoms with Gasteiger partial charge in [0.05, 0.1) is 11.9 Å². The fraction of sp³-hybridized carbons (Fsp3) is 0.353. The number of rotatable bonds is 3. The fourth-order valence-electron chi connectivity index (χ4n) is 2.69. The summed E-state index contributed by atoms with van der Waals surface area (Å²) >= 11 is 0. The molecule has 1 aromatic heterocycles. The summed E-state index contributed by atoms with van der Waals surface area (Å²) in [6, 6.07) is 10.5. The Labute approximate surface area is 126 Å². The molecule has 0 radical (unpaired) electrons. The van der Waals surface area contributed by atoms with Crippen LogP contribution in [0.2, 0.25) is 0 Å². The summed E-state index contributed by atoms with van der Waals surface area (Å²) in [7, 11) is 0. The number of hydrogen-bond acceptors (Lipinski definition) is 4. The molecule has 0 unspecified atom stereocenters. The van der Waals surface area contributed by atoms with E-state index in [-0.39, 0.29) is 0 Å². The van der Waals surface area contributed by atoms with Crippen molar-refractivity contribution in [2.45, 2.75) is 26.2 Å². The second-order valence-corrected chi connectivity index (χ2v) is 5.65. The Hall–Kier alpha value is -2.23. The molecule has 21 heavy (non-hydrogen) atoms. The monoisotopic (exact) mass is 282 g/mol. The lowest BCUT2D eigenvalue weighted by atomic mass is 10.1. The number of nitrogens with zero attached hydrogens (tertiary/aromatic N) is 2. The summed E-state index contributed by atoms with van der Waals surface area (Å²) < 4.78 is 0. The zero-order valence-corrected chi connectivity index (χ0v) is 12.5. The van der Waals surface area contributed by atoms with Crippen molar-refractivity contribution < 1.29 is 0 Å². The number of hydrogen-bond donors (Lipinski definition) is 2. The van der Waals surface area contributed by atoms with Gasteiger partial charge in [0.15, 0.2) is 0 Å². The van der Waals surface area contributed by atoms with Crippen LogP contribution in [0.25, 0.3) is 0 Å². The Morgan fingerprint density at radius 3 is 2.48 bits per heavy atom. The number of benzene rings is 1. The maximum absolute atomic E-state index is 5.79. The summed E-state index contributed by atoms with van der Waals surface area (Å²) in [5.74, 6) is 0.826. The lowest BCUT2D eigenvalue weighted by Gasteiger charge is -2.28. The van der Waals surface area contributed by atoms with E-state index in [9.17, 15) is 0 Å². The van der Waals surface area contributed by atoms with Crippen molar-refractivity contribution in [2.75, 3.05) is 29.0 Å². The summed E-state index contributed by atoms with van der Waals surface area (Å²) in [6.07, 6.45) is 5.65. The van der Waals surface area contributed by atoms with Crippen LogP contribution in [-0.2, 0) is 0 Å². The Morgan fingerprint density at radius 2 is 1.81 bits per heavy atom. The molecule has 1 aromatic carbocycles. The maximum Gasteiger partial charge on any atom is 0.130 e. The van der Waals surface area contributed by atoms with Crippen LogP contribution in [0.1, 0.15) is 24.8 Å². The van der Waals surface area contributed by atoms with Gasteiger partial charge in [-0.3, -0.25) is 0 Å². The molecular formula is C17H22N4. The molecule has 3 rings (SSSR count). The van der Waals surface area contributed by atoms with E-state index in [2.05, 4.69) is 39.5 Å². The highest BCUT2D eigenvalue weighted by molar-refractivity contribution is 5.62. The molecule has 1 aliphatic rings. The Kier molecular flexibility index (Phi) is 3.95. The molecule has 0 atom stereocenters. The van der Waals surface area contributed by atoms with Gasteiger partial charge in [-0.2, -0.15) is 0 Å². The molecule has 110 valence electrons. The average molecular weight is 282 g/mol. The van der Waals surface area contributed by atoms with Crippen molar-refractivity contribution in [1.82, 2.24) is 4.98 Å². The van der Waals surface area contributed by atoms with Crippen molar-refractivity contribution in [2.24, 2.45) is 0 Å². The van der Waals surface area contributed by atoms with Crippen LogP contribution in [0.4, 0.5) is 22.9 Å². The number of nitrogen functional groups attached to an aromatic ring is 1. The lowest BCUT2D eigenvalue weighted by molar-refractivity contribution is 0.578. The largest absolute Gasteiger partial charge is 0.397 e. The van der Waals surface area contributed by atoms with Crippen molar-refractivity contribution in [3.8, 4) is 0 Å². The molecule has 4 nitrogen and oxygen atoms in total. The first-order valence-electron chi connectivity index (χ1n) is 7.56. The minimum absolute atomic E-state index is 0.723. The van der Waals surface area contributed by atoms with E-state index in [0.29, 0.717) is 0 Å². The van der Waals surface area contributed by atoms with Gasteiger partial charge in [0.2, 0.25) is 0 Å². The zero-order valence-electron chi connectivity index (χ0n) is 12.5. The Morgan fingerprint density at radius 1 is 1.10 bits per heavy atom. The van der Waals surface area contributed by atoms with Crippen molar-refractivity contribution in [3.05, 3.63) is 42.1 Å². The number of anilines is 4. The first-order valence-corrected chi connectivity index (χ1v) is 7.56. The highest BCUT2D eigenvalue weighted by Gasteiger charge is 2.10. The molecule has 1 saturated heterocycles. The smallest absolute Gasteiger partial charge is 0.130 e. The third kappa shape index (κ3) is 3.27. The molecule has 0 aliphatic carbocycles. The summed E-state index contributed by atoms with van der Waals surface area (Å²) in [4.78, 5) is 6.76. The van der Waals surface area contributed by atoms with Crippen molar-refractivity contribution in [3.63, 3.8) is 0 Å². The molecular weight excluding hydrogens is 260 g/mol. The van der Waals surface area contributed by atoms with Gasteiger partial charge in [-0.15, -0.1) is 0 Å². The van der Waals surface area contributed by atoms with E-state index in [1.165, 1.54) is 38.0 Å². The Balaban J connectivity index is 1.70. The van der Waals surface area contributed by atoms with Crippen LogP contribution in [-0.4, -0.2) is 18.1 Å². The lowest BCUT2D eigenvalue weighted by Crippen LogP contribution is -2.29. The minimum atomic E-state index is 0.723. The number of nitrogens with one attached hydrogen (secondary N) is 1. The molecule has 4 heteroatoms. The normalized spacial score (nSPS) is 15.0. The third-order valence-corrected chi connectivity index (χ3v) is 4.01. The summed E-state index contributed by atoms with van der Waals surface area (Å²) in [6.45, 7) is 4.33. The molecule has 2 heterocycles. The van der Waals surface area contributed by atoms with Gasteiger partial charge >= 0.3 is 0 Å². The van der Waals surface area contributed by atoms with Crippen LogP contribution < -0.4 is 16.0 Å². The highest BCUT2D eigenvalue weighted by Crippen LogP contribution is 2.24. The molecule has 0 saturated carbocycles. The quantitative estimate of drug-likeness (QED) is 0.901. The van der Waals surface area contributed by atoms with Crippen LogP contribution in [0.3, 0.4) is 0 Å². The van der Waals surface area contributed by atoms with E-state index in [1.807, 2.05) is 13.0 Å². The van der Waals surface area contributed by atoms with Gasteiger partial charge in [-0.1, -0.05) is 0 Å². The predicted octanol–water partition coefficient (Wildman–Crippen LogP) is 3.71. The third-order valence-electron chi connectivity index (χ3n) is 4.01. The molecule has 3 N–H and O–H groups in total. The van der Waals surface area contributed by atoms with E-state index >= 15 is 0 Å². The molecule has 2 aromatic rings. The van der Waals surface area contributed by atoms with Gasteiger partial charge in [-0.25, -0.2) is 4.98 Å². The molecule has 0 spiro atoms. The van der Waals surface area contributed by atoms with E-state index in [4.69, 9.17) is 5.73 Å². The zero-order chi connectivity index (χ0) is 14.7. The fourth-order valence-corrected chi connectivity index (χ4v) is 2.69. The van der Waals surface area contributed by atoms with Gasteiger partial charge < -0.3 is 16.0 Å². The van der Waals surface area contributed by atoms with Gasteiger partial charge in [0, 0.05) is 24.5 Å². The van der Waals surface area contributed by atoms with Gasteiger partial charge in [-0.05, 0) is 62.1 Å². The number of nitrogens with two attached hydrogens (primary N) is 1. The molecule has 1 fully saturated rings. The average Bonchev–Trinajstić information content (AvgIpc) is 2.53.